The van der Waals surface area contributed by atoms with Gasteiger partial charge in [0.2, 0.25) is 11.8 Å². The van der Waals surface area contributed by atoms with E-state index in [1.165, 1.54) is 0 Å². The Morgan fingerprint density at radius 1 is 1.21 bits per heavy atom. The molecule has 4 aliphatic rings. The van der Waals surface area contributed by atoms with E-state index < -0.39 is 0 Å². The molecule has 0 aromatic carbocycles. The van der Waals surface area contributed by atoms with Gasteiger partial charge in [0, 0.05) is 31.5 Å². The molecule has 0 aromatic heterocycles. The second-order valence-electron chi connectivity index (χ2n) is 8.02. The summed E-state index contributed by atoms with van der Waals surface area (Å²) in [6.07, 6.45) is 4.21. The lowest BCUT2D eigenvalue weighted by Gasteiger charge is -2.50. The monoisotopic (exact) mass is 336 g/mol. The van der Waals surface area contributed by atoms with Gasteiger partial charge in [-0.05, 0) is 31.6 Å². The zero-order valence-electron chi connectivity index (χ0n) is 14.5. The molecule has 1 spiro atoms. The van der Waals surface area contributed by atoms with Crippen LogP contribution >= 0.6 is 0 Å². The Hall–Kier alpha value is -1.14. The summed E-state index contributed by atoms with van der Waals surface area (Å²) in [7, 11) is 0. The lowest BCUT2D eigenvalue weighted by Crippen LogP contribution is -2.67. The van der Waals surface area contributed by atoms with Crippen LogP contribution in [0.15, 0.2) is 0 Å². The van der Waals surface area contributed by atoms with Crippen LogP contribution in [0.1, 0.15) is 32.6 Å². The Morgan fingerprint density at radius 3 is 2.58 bits per heavy atom. The summed E-state index contributed by atoms with van der Waals surface area (Å²) in [5.41, 5.74) is -0.218. The number of likely N-dealkylation sites (tertiary alicyclic amines) is 2. The number of hydrogen-bond acceptors (Lipinski definition) is 4. The average Bonchev–Trinajstić information content (AvgIpc) is 2.97. The van der Waals surface area contributed by atoms with Crippen molar-refractivity contribution in [2.45, 2.75) is 38.2 Å². The summed E-state index contributed by atoms with van der Waals surface area (Å²) < 4.78 is 11.7. The van der Waals surface area contributed by atoms with Gasteiger partial charge in [-0.3, -0.25) is 9.59 Å². The first kappa shape index (κ1) is 16.3. The first-order chi connectivity index (χ1) is 11.6. The molecule has 4 rings (SSSR count). The second-order valence-corrected chi connectivity index (χ2v) is 8.02. The van der Waals surface area contributed by atoms with Gasteiger partial charge in [0.05, 0.1) is 19.7 Å². The van der Waals surface area contributed by atoms with E-state index in [4.69, 9.17) is 9.47 Å². The van der Waals surface area contributed by atoms with E-state index in [-0.39, 0.29) is 24.0 Å². The predicted molar refractivity (Wildman–Crippen MR) is 87.3 cm³/mol. The van der Waals surface area contributed by atoms with E-state index in [1.54, 1.807) is 0 Å². The number of hydrogen-bond donors (Lipinski definition) is 0. The Morgan fingerprint density at radius 2 is 1.92 bits per heavy atom. The van der Waals surface area contributed by atoms with Crippen LogP contribution in [0.2, 0.25) is 0 Å². The Bertz CT molecular complexity index is 511. The second kappa shape index (κ2) is 6.30. The fraction of sp³-hybridized carbons (Fsp3) is 0.889. The molecule has 0 aromatic rings. The maximum Gasteiger partial charge on any atom is 0.248 e. The summed E-state index contributed by atoms with van der Waals surface area (Å²) >= 11 is 0. The molecular formula is C18H28N2O4. The van der Waals surface area contributed by atoms with Crippen molar-refractivity contribution in [2.24, 2.45) is 17.8 Å². The highest BCUT2D eigenvalue weighted by molar-refractivity contribution is 5.82. The molecule has 3 heterocycles. The summed E-state index contributed by atoms with van der Waals surface area (Å²) in [5, 5.41) is 0. The molecule has 134 valence electrons. The quantitative estimate of drug-likeness (QED) is 0.748. The van der Waals surface area contributed by atoms with Crippen molar-refractivity contribution in [2.75, 3.05) is 46.0 Å². The van der Waals surface area contributed by atoms with E-state index in [1.807, 2.05) is 9.80 Å². The third-order valence-electron chi connectivity index (χ3n) is 6.26. The van der Waals surface area contributed by atoms with E-state index in [2.05, 4.69) is 6.92 Å². The van der Waals surface area contributed by atoms with Crippen molar-refractivity contribution in [3.8, 4) is 0 Å². The number of rotatable bonds is 5. The molecular weight excluding hydrogens is 308 g/mol. The molecule has 6 nitrogen and oxygen atoms in total. The van der Waals surface area contributed by atoms with Gasteiger partial charge in [-0.25, -0.2) is 0 Å². The first-order valence-electron chi connectivity index (χ1n) is 9.37. The van der Waals surface area contributed by atoms with Crippen molar-refractivity contribution in [1.29, 1.82) is 0 Å². The number of carbonyl (C=O) groups excluding carboxylic acids is 2. The van der Waals surface area contributed by atoms with Crippen molar-refractivity contribution in [3.63, 3.8) is 0 Å². The molecule has 1 saturated carbocycles. The molecule has 0 radical (unpaired) electrons. The van der Waals surface area contributed by atoms with Gasteiger partial charge in [0.25, 0.3) is 0 Å². The molecule has 4 fully saturated rings. The van der Waals surface area contributed by atoms with Crippen molar-refractivity contribution in [1.82, 2.24) is 9.80 Å². The van der Waals surface area contributed by atoms with Gasteiger partial charge in [-0.2, -0.15) is 0 Å². The van der Waals surface area contributed by atoms with E-state index in [0.717, 1.165) is 45.4 Å². The molecule has 3 atom stereocenters. The van der Waals surface area contributed by atoms with Crippen LogP contribution in [0.4, 0.5) is 0 Å². The maximum atomic E-state index is 12.3. The normalized spacial score (nSPS) is 33.8. The average molecular weight is 336 g/mol. The molecule has 24 heavy (non-hydrogen) atoms. The van der Waals surface area contributed by atoms with Crippen LogP contribution in [0.3, 0.4) is 0 Å². The molecule has 2 amide bonds. The van der Waals surface area contributed by atoms with Gasteiger partial charge >= 0.3 is 0 Å². The number of amides is 2. The fourth-order valence-electron chi connectivity index (χ4n) is 4.37. The minimum Gasteiger partial charge on any atom is -0.371 e. The standard InChI is InChI=1S/C18H28N2O4/c1-13-8-15(13)17(22)20-11-18(12-20)14(4-7-24-18)9-23-10-16(21)19-5-2-3-6-19/h13-15H,2-12H2,1H3. The molecule has 0 N–H and O–H groups in total. The summed E-state index contributed by atoms with van der Waals surface area (Å²) in [6, 6.07) is 0. The maximum absolute atomic E-state index is 12.3. The molecule has 0 bridgehead atoms. The van der Waals surface area contributed by atoms with Gasteiger partial charge in [-0.15, -0.1) is 0 Å². The summed E-state index contributed by atoms with van der Waals surface area (Å²) in [5.74, 6) is 1.50. The number of nitrogens with zero attached hydrogens (tertiary/aromatic N) is 2. The number of carbonyl (C=O) groups is 2. The zero-order chi connectivity index (χ0) is 16.7. The summed E-state index contributed by atoms with van der Waals surface area (Å²) in [6.45, 7) is 6.74. The van der Waals surface area contributed by atoms with Crippen molar-refractivity contribution >= 4 is 11.8 Å². The first-order valence-corrected chi connectivity index (χ1v) is 9.37. The van der Waals surface area contributed by atoms with Crippen LogP contribution in [0.25, 0.3) is 0 Å². The smallest absolute Gasteiger partial charge is 0.248 e. The SMILES string of the molecule is CC1CC1C(=O)N1CC2(C1)OCCC2COCC(=O)N1CCCC1. The third-order valence-corrected chi connectivity index (χ3v) is 6.26. The van der Waals surface area contributed by atoms with Gasteiger partial charge < -0.3 is 19.3 Å². The minimum atomic E-state index is -0.218. The molecule has 3 unspecified atom stereocenters. The number of ether oxygens (including phenoxy) is 2. The Balaban J connectivity index is 1.22. The van der Waals surface area contributed by atoms with Crippen LogP contribution < -0.4 is 0 Å². The highest BCUT2D eigenvalue weighted by atomic mass is 16.5. The zero-order valence-corrected chi connectivity index (χ0v) is 14.5. The highest BCUT2D eigenvalue weighted by Gasteiger charge is 2.56. The van der Waals surface area contributed by atoms with Crippen molar-refractivity contribution < 1.29 is 19.1 Å². The lowest BCUT2D eigenvalue weighted by molar-refractivity contribution is -0.170. The van der Waals surface area contributed by atoms with E-state index >= 15 is 0 Å². The topological polar surface area (TPSA) is 59.1 Å². The largest absolute Gasteiger partial charge is 0.371 e. The van der Waals surface area contributed by atoms with Gasteiger partial charge in [0.15, 0.2) is 0 Å². The van der Waals surface area contributed by atoms with Crippen LogP contribution in [-0.4, -0.2) is 73.2 Å². The predicted octanol–water partition coefficient (Wildman–Crippen LogP) is 0.899. The minimum absolute atomic E-state index is 0.105. The molecule has 3 saturated heterocycles. The molecule has 6 heteroatoms. The third kappa shape index (κ3) is 2.94. The van der Waals surface area contributed by atoms with Crippen LogP contribution in [0.5, 0.6) is 0 Å². The van der Waals surface area contributed by atoms with Gasteiger partial charge in [0.1, 0.15) is 12.2 Å². The molecule has 1 aliphatic carbocycles. The Labute approximate surface area is 143 Å². The van der Waals surface area contributed by atoms with E-state index in [9.17, 15) is 9.59 Å². The summed E-state index contributed by atoms with van der Waals surface area (Å²) in [4.78, 5) is 28.2. The fourth-order valence-corrected chi connectivity index (χ4v) is 4.37. The highest BCUT2D eigenvalue weighted by Crippen LogP contribution is 2.45. The Kier molecular flexibility index (Phi) is 4.29. The molecule has 3 aliphatic heterocycles. The lowest BCUT2D eigenvalue weighted by atomic mass is 9.81. The van der Waals surface area contributed by atoms with Crippen molar-refractivity contribution in [3.05, 3.63) is 0 Å². The van der Waals surface area contributed by atoms with E-state index in [0.29, 0.717) is 37.4 Å². The van der Waals surface area contributed by atoms with Crippen LogP contribution in [0, 0.1) is 17.8 Å². The van der Waals surface area contributed by atoms with Crippen LogP contribution in [-0.2, 0) is 19.1 Å². The van der Waals surface area contributed by atoms with Gasteiger partial charge in [-0.1, -0.05) is 6.92 Å².